The number of carbonyl (C=O) groups excluding carboxylic acids is 3. The fraction of sp³-hybridized carbons (Fsp3) is 0.211. The summed E-state index contributed by atoms with van der Waals surface area (Å²) in [4.78, 5) is 34.9. The first-order valence-corrected chi connectivity index (χ1v) is 7.94. The highest BCUT2D eigenvalue weighted by Gasteiger charge is 2.10. The normalized spacial score (nSPS) is 10.0. The minimum atomic E-state index is -0.446. The molecule has 25 heavy (non-hydrogen) atoms. The topological polar surface area (TPSA) is 84.5 Å². The number of esters is 1. The molecule has 0 saturated heterocycles. The molecule has 2 aromatic rings. The number of nitrogens with one attached hydrogen (secondary N) is 2. The van der Waals surface area contributed by atoms with E-state index in [1.807, 2.05) is 18.2 Å². The monoisotopic (exact) mass is 340 g/mol. The lowest BCUT2D eigenvalue weighted by atomic mass is 10.1. The molecule has 2 N–H and O–H groups in total. The molecule has 0 spiro atoms. The van der Waals surface area contributed by atoms with Gasteiger partial charge in [0.1, 0.15) is 5.75 Å². The third-order valence-corrected chi connectivity index (χ3v) is 3.41. The van der Waals surface area contributed by atoms with E-state index < -0.39 is 5.97 Å². The van der Waals surface area contributed by atoms with Gasteiger partial charge in [-0.1, -0.05) is 31.2 Å². The molecular formula is C19H20N2O4. The average Bonchev–Trinajstić information content (AvgIpc) is 2.60. The predicted molar refractivity (Wildman–Crippen MR) is 94.3 cm³/mol. The molecule has 0 aromatic heterocycles. The number of hydrogen-bond donors (Lipinski definition) is 2. The van der Waals surface area contributed by atoms with Crippen LogP contribution < -0.4 is 15.4 Å². The van der Waals surface area contributed by atoms with E-state index in [0.29, 0.717) is 23.4 Å². The summed E-state index contributed by atoms with van der Waals surface area (Å²) in [6.07, 6.45) is 0.379. The molecule has 0 saturated carbocycles. The molecule has 0 aliphatic heterocycles. The lowest BCUT2D eigenvalue weighted by Gasteiger charge is -2.12. The number of para-hydroxylation sites is 1. The van der Waals surface area contributed by atoms with Gasteiger partial charge in [0.05, 0.1) is 0 Å². The number of carbonyl (C=O) groups is 3. The van der Waals surface area contributed by atoms with Crippen LogP contribution in [0.3, 0.4) is 0 Å². The third-order valence-electron chi connectivity index (χ3n) is 3.41. The number of benzene rings is 2. The van der Waals surface area contributed by atoms with Gasteiger partial charge >= 0.3 is 5.97 Å². The van der Waals surface area contributed by atoms with Crippen molar-refractivity contribution in [3.05, 3.63) is 59.7 Å². The molecule has 0 unspecified atom stereocenters. The number of rotatable bonds is 6. The molecule has 0 bridgehead atoms. The zero-order valence-corrected chi connectivity index (χ0v) is 14.2. The molecule has 0 heterocycles. The summed E-state index contributed by atoms with van der Waals surface area (Å²) in [7, 11) is 0. The summed E-state index contributed by atoms with van der Waals surface area (Å²) in [5.74, 6) is -0.521. The second kappa shape index (κ2) is 8.63. The van der Waals surface area contributed by atoms with E-state index in [1.165, 1.54) is 13.0 Å². The van der Waals surface area contributed by atoms with E-state index in [4.69, 9.17) is 4.74 Å². The van der Waals surface area contributed by atoms with Crippen LogP contribution in [-0.2, 0) is 16.1 Å². The molecule has 2 aromatic carbocycles. The Labute approximate surface area is 146 Å². The van der Waals surface area contributed by atoms with Crippen LogP contribution in [0.5, 0.6) is 5.75 Å². The van der Waals surface area contributed by atoms with Crippen molar-refractivity contribution in [2.24, 2.45) is 0 Å². The van der Waals surface area contributed by atoms with Crippen LogP contribution in [-0.4, -0.2) is 17.8 Å². The van der Waals surface area contributed by atoms with Crippen LogP contribution >= 0.6 is 0 Å². The van der Waals surface area contributed by atoms with Crippen LogP contribution in [0.15, 0.2) is 48.5 Å². The fourth-order valence-corrected chi connectivity index (χ4v) is 2.18. The number of anilines is 1. The Balaban J connectivity index is 2.05. The largest absolute Gasteiger partial charge is 0.427 e. The Bertz CT molecular complexity index is 786. The number of ether oxygens (including phenoxy) is 1. The molecule has 0 aliphatic rings. The third kappa shape index (κ3) is 5.46. The van der Waals surface area contributed by atoms with Gasteiger partial charge < -0.3 is 15.4 Å². The molecule has 6 nitrogen and oxygen atoms in total. The standard InChI is InChI=1S/C19H20N2O4/c1-3-18(23)21-17-10-5-4-7-15(17)12-20-19(24)14-8-6-9-16(11-14)25-13(2)22/h4-11H,3,12H2,1-2H3,(H,20,24)(H,21,23). The molecule has 0 atom stereocenters. The van der Waals surface area contributed by atoms with Crippen molar-refractivity contribution in [2.45, 2.75) is 26.8 Å². The van der Waals surface area contributed by atoms with Crippen molar-refractivity contribution in [2.75, 3.05) is 5.32 Å². The highest BCUT2D eigenvalue weighted by molar-refractivity contribution is 5.95. The number of hydrogen-bond acceptors (Lipinski definition) is 4. The van der Waals surface area contributed by atoms with E-state index in [9.17, 15) is 14.4 Å². The van der Waals surface area contributed by atoms with Crippen LogP contribution in [0, 0.1) is 0 Å². The molecular weight excluding hydrogens is 320 g/mol. The Morgan fingerprint density at radius 1 is 1.04 bits per heavy atom. The predicted octanol–water partition coefficient (Wildman–Crippen LogP) is 2.89. The molecule has 2 rings (SSSR count). The van der Waals surface area contributed by atoms with E-state index in [2.05, 4.69) is 10.6 Å². The SMILES string of the molecule is CCC(=O)Nc1ccccc1CNC(=O)c1cccc(OC(C)=O)c1. The van der Waals surface area contributed by atoms with Crippen molar-refractivity contribution in [1.82, 2.24) is 5.32 Å². The lowest BCUT2D eigenvalue weighted by Crippen LogP contribution is -2.24. The van der Waals surface area contributed by atoms with Crippen molar-refractivity contribution in [1.29, 1.82) is 0 Å². The van der Waals surface area contributed by atoms with Gasteiger partial charge in [-0.15, -0.1) is 0 Å². The van der Waals surface area contributed by atoms with Gasteiger partial charge in [-0.2, -0.15) is 0 Å². The maximum Gasteiger partial charge on any atom is 0.308 e. The van der Waals surface area contributed by atoms with E-state index in [0.717, 1.165) is 5.56 Å². The quantitative estimate of drug-likeness (QED) is 0.625. The average molecular weight is 340 g/mol. The Morgan fingerprint density at radius 3 is 2.52 bits per heavy atom. The van der Waals surface area contributed by atoms with Crippen molar-refractivity contribution in [3.8, 4) is 5.75 Å². The second-order valence-corrected chi connectivity index (χ2v) is 5.36. The molecule has 0 aliphatic carbocycles. The first-order chi connectivity index (χ1) is 12.0. The Hall–Kier alpha value is -3.15. The van der Waals surface area contributed by atoms with Crippen LogP contribution in [0.2, 0.25) is 0 Å². The van der Waals surface area contributed by atoms with Gasteiger partial charge in [-0.05, 0) is 29.8 Å². The minimum Gasteiger partial charge on any atom is -0.427 e. The zero-order valence-electron chi connectivity index (χ0n) is 14.2. The first kappa shape index (κ1) is 18.2. The smallest absolute Gasteiger partial charge is 0.308 e. The van der Waals surface area contributed by atoms with Crippen molar-refractivity contribution < 1.29 is 19.1 Å². The second-order valence-electron chi connectivity index (χ2n) is 5.36. The van der Waals surface area contributed by atoms with Gasteiger partial charge in [0.15, 0.2) is 0 Å². The van der Waals surface area contributed by atoms with Crippen LogP contribution in [0.25, 0.3) is 0 Å². The Morgan fingerprint density at radius 2 is 1.80 bits per heavy atom. The van der Waals surface area contributed by atoms with Crippen LogP contribution in [0.4, 0.5) is 5.69 Å². The maximum absolute atomic E-state index is 12.3. The van der Waals surface area contributed by atoms with Gasteiger partial charge in [0.2, 0.25) is 5.91 Å². The molecule has 130 valence electrons. The minimum absolute atomic E-state index is 0.0899. The fourth-order valence-electron chi connectivity index (χ4n) is 2.18. The highest BCUT2D eigenvalue weighted by atomic mass is 16.5. The van der Waals surface area contributed by atoms with Crippen molar-refractivity contribution >= 4 is 23.5 Å². The summed E-state index contributed by atoms with van der Waals surface area (Å²) in [5.41, 5.74) is 1.85. The van der Waals surface area contributed by atoms with Crippen molar-refractivity contribution in [3.63, 3.8) is 0 Å². The summed E-state index contributed by atoms with van der Waals surface area (Å²) in [5, 5.41) is 5.60. The van der Waals surface area contributed by atoms with Crippen LogP contribution in [0.1, 0.15) is 36.2 Å². The van der Waals surface area contributed by atoms with E-state index >= 15 is 0 Å². The summed E-state index contributed by atoms with van der Waals surface area (Å²) >= 11 is 0. The zero-order chi connectivity index (χ0) is 18.2. The molecule has 0 fully saturated rings. The lowest BCUT2D eigenvalue weighted by molar-refractivity contribution is -0.131. The van der Waals surface area contributed by atoms with Gasteiger partial charge in [0, 0.05) is 31.1 Å². The number of amides is 2. The first-order valence-electron chi connectivity index (χ1n) is 7.94. The summed E-state index contributed by atoms with van der Waals surface area (Å²) < 4.78 is 4.98. The summed E-state index contributed by atoms with van der Waals surface area (Å²) in [6.45, 7) is 3.33. The van der Waals surface area contributed by atoms with Gasteiger partial charge in [-0.3, -0.25) is 14.4 Å². The molecule has 2 amide bonds. The Kier molecular flexibility index (Phi) is 6.28. The van der Waals surface area contributed by atoms with Gasteiger partial charge in [-0.25, -0.2) is 0 Å². The molecule has 6 heteroatoms. The summed E-state index contributed by atoms with van der Waals surface area (Å²) in [6, 6.07) is 13.7. The van der Waals surface area contributed by atoms with Gasteiger partial charge in [0.25, 0.3) is 5.91 Å². The van der Waals surface area contributed by atoms with E-state index in [-0.39, 0.29) is 18.4 Å². The highest BCUT2D eigenvalue weighted by Crippen LogP contribution is 2.16. The van der Waals surface area contributed by atoms with E-state index in [1.54, 1.807) is 31.2 Å². The molecule has 0 radical (unpaired) electrons. The maximum atomic E-state index is 12.3.